The molecule has 0 amide bonds. The fraction of sp³-hybridized carbons (Fsp3) is 0.286. The maximum atomic E-state index is 12.2. The average Bonchev–Trinajstić information content (AvgIpc) is 3.36. The van der Waals surface area contributed by atoms with E-state index < -0.39 is 10.0 Å². The quantitative estimate of drug-likeness (QED) is 0.445. The number of anilines is 1. The second kappa shape index (κ2) is 8.49. The summed E-state index contributed by atoms with van der Waals surface area (Å²) in [5, 5.41) is 15.0. The molecule has 2 N–H and O–H groups in total. The number of aromatic nitrogens is 4. The first-order valence-corrected chi connectivity index (χ1v) is 12.8. The van der Waals surface area contributed by atoms with Crippen molar-refractivity contribution in [2.45, 2.75) is 12.8 Å². The Balaban J connectivity index is 1.42. The van der Waals surface area contributed by atoms with Crippen LogP contribution in [0.25, 0.3) is 27.6 Å². The highest BCUT2D eigenvalue weighted by Crippen LogP contribution is 2.34. The molecule has 0 radical (unpaired) electrons. The SMILES string of the molecule is O=S1(=O)CCCCN1CCNc1nccc(-c2c(-c3cccc(O)c3)nc3sccn23)n1. The normalized spacial score (nSPS) is 16.4. The Kier molecular flexibility index (Phi) is 5.53. The second-order valence-corrected chi connectivity index (χ2v) is 10.5. The van der Waals surface area contributed by atoms with Gasteiger partial charge in [-0.2, -0.15) is 0 Å². The Morgan fingerprint density at radius 3 is 2.94 bits per heavy atom. The summed E-state index contributed by atoms with van der Waals surface area (Å²) in [5.74, 6) is 0.806. The van der Waals surface area contributed by atoms with Crippen molar-refractivity contribution in [3.63, 3.8) is 0 Å². The zero-order valence-corrected chi connectivity index (χ0v) is 18.8. The van der Waals surface area contributed by atoms with Crippen molar-refractivity contribution in [3.8, 4) is 28.4 Å². The lowest BCUT2D eigenvalue weighted by Gasteiger charge is -2.26. The Labute approximate surface area is 189 Å². The summed E-state index contributed by atoms with van der Waals surface area (Å²) in [6.07, 6.45) is 5.22. The molecule has 0 aliphatic carbocycles. The standard InChI is InChI=1S/C21H22N6O3S2/c28-16-5-3-4-15(14-16)18-19(27-11-12-31-21(27)25-18)17-6-7-22-20(24-17)23-8-10-26-9-1-2-13-32(26,29)30/h3-7,11-12,14,28H,1-2,8-10,13H2,(H,22,23,24). The molecule has 0 atom stereocenters. The number of nitrogens with one attached hydrogen (secondary N) is 1. The molecule has 1 aromatic carbocycles. The molecule has 1 fully saturated rings. The summed E-state index contributed by atoms with van der Waals surface area (Å²) in [7, 11) is -3.16. The van der Waals surface area contributed by atoms with Crippen LogP contribution in [0.4, 0.5) is 5.95 Å². The predicted octanol–water partition coefficient (Wildman–Crippen LogP) is 3.06. The number of phenols is 1. The molecule has 32 heavy (non-hydrogen) atoms. The summed E-state index contributed by atoms with van der Waals surface area (Å²) in [4.78, 5) is 14.5. The van der Waals surface area contributed by atoms with Gasteiger partial charge in [-0.1, -0.05) is 12.1 Å². The number of hydrogen-bond donors (Lipinski definition) is 2. The number of benzene rings is 1. The summed E-state index contributed by atoms with van der Waals surface area (Å²) >= 11 is 1.52. The number of sulfonamides is 1. The predicted molar refractivity (Wildman–Crippen MR) is 124 cm³/mol. The van der Waals surface area contributed by atoms with Crippen LogP contribution in [0, 0.1) is 0 Å². The van der Waals surface area contributed by atoms with Crippen molar-refractivity contribution >= 4 is 32.3 Å². The van der Waals surface area contributed by atoms with Gasteiger partial charge in [0.05, 0.1) is 17.1 Å². The van der Waals surface area contributed by atoms with Gasteiger partial charge >= 0.3 is 0 Å². The van der Waals surface area contributed by atoms with E-state index in [4.69, 9.17) is 4.98 Å². The summed E-state index contributed by atoms with van der Waals surface area (Å²) in [6, 6.07) is 8.79. The molecular weight excluding hydrogens is 448 g/mol. The monoisotopic (exact) mass is 470 g/mol. The molecule has 0 unspecified atom stereocenters. The molecule has 0 saturated carbocycles. The summed E-state index contributed by atoms with van der Waals surface area (Å²) < 4.78 is 27.8. The Hall–Kier alpha value is -3.02. The van der Waals surface area contributed by atoms with E-state index in [1.54, 1.807) is 24.4 Å². The van der Waals surface area contributed by atoms with Crippen molar-refractivity contribution in [1.29, 1.82) is 0 Å². The lowest BCUT2D eigenvalue weighted by molar-refractivity contribution is 0.393. The summed E-state index contributed by atoms with van der Waals surface area (Å²) in [5.41, 5.74) is 2.99. The number of rotatable bonds is 6. The van der Waals surface area contributed by atoms with E-state index >= 15 is 0 Å². The van der Waals surface area contributed by atoms with Gasteiger partial charge in [0.25, 0.3) is 0 Å². The van der Waals surface area contributed by atoms with Crippen LogP contribution >= 0.6 is 11.3 Å². The Morgan fingerprint density at radius 1 is 1.19 bits per heavy atom. The third-order valence-corrected chi connectivity index (χ3v) is 8.09. The third-order valence-electron chi connectivity index (χ3n) is 5.38. The Bertz CT molecular complexity index is 1360. The van der Waals surface area contributed by atoms with Crippen LogP contribution in [0.5, 0.6) is 5.75 Å². The fourth-order valence-corrected chi connectivity index (χ4v) is 6.16. The van der Waals surface area contributed by atoms with Crippen LogP contribution in [0.1, 0.15) is 12.8 Å². The molecule has 0 spiro atoms. The van der Waals surface area contributed by atoms with E-state index in [2.05, 4.69) is 15.3 Å². The van der Waals surface area contributed by atoms with Crippen LogP contribution in [0.3, 0.4) is 0 Å². The maximum absolute atomic E-state index is 12.2. The molecule has 166 valence electrons. The van der Waals surface area contributed by atoms with Crippen LogP contribution in [-0.4, -0.2) is 62.6 Å². The minimum atomic E-state index is -3.16. The molecule has 5 rings (SSSR count). The number of hydrogen-bond acceptors (Lipinski definition) is 8. The van der Waals surface area contributed by atoms with E-state index in [0.29, 0.717) is 31.3 Å². The van der Waals surface area contributed by atoms with E-state index in [9.17, 15) is 13.5 Å². The van der Waals surface area contributed by atoms with Gasteiger partial charge < -0.3 is 10.4 Å². The first-order valence-electron chi connectivity index (χ1n) is 10.3. The van der Waals surface area contributed by atoms with Gasteiger partial charge in [0, 0.05) is 43.0 Å². The van der Waals surface area contributed by atoms with Gasteiger partial charge in [-0.25, -0.2) is 27.7 Å². The smallest absolute Gasteiger partial charge is 0.223 e. The number of imidazole rings is 1. The van der Waals surface area contributed by atoms with Gasteiger partial charge in [0.1, 0.15) is 11.4 Å². The molecular formula is C21H22N6O3S2. The van der Waals surface area contributed by atoms with Crippen molar-refractivity contribution in [3.05, 3.63) is 48.1 Å². The van der Waals surface area contributed by atoms with Gasteiger partial charge in [-0.15, -0.1) is 11.3 Å². The highest BCUT2D eigenvalue weighted by Gasteiger charge is 2.25. The highest BCUT2D eigenvalue weighted by molar-refractivity contribution is 7.89. The minimum absolute atomic E-state index is 0.169. The van der Waals surface area contributed by atoms with E-state index in [1.165, 1.54) is 15.6 Å². The van der Waals surface area contributed by atoms with E-state index in [1.807, 2.05) is 28.1 Å². The lowest BCUT2D eigenvalue weighted by atomic mass is 10.1. The second-order valence-electron chi connectivity index (χ2n) is 7.53. The van der Waals surface area contributed by atoms with Crippen molar-refractivity contribution in [2.24, 2.45) is 0 Å². The number of thiazole rings is 1. The van der Waals surface area contributed by atoms with Gasteiger partial charge in [0.15, 0.2) is 4.96 Å². The molecule has 9 nitrogen and oxygen atoms in total. The van der Waals surface area contributed by atoms with Gasteiger partial charge in [-0.05, 0) is 31.0 Å². The van der Waals surface area contributed by atoms with Crippen LogP contribution in [0.2, 0.25) is 0 Å². The topological polar surface area (TPSA) is 113 Å². The third kappa shape index (κ3) is 4.06. The average molecular weight is 471 g/mol. The molecule has 1 aliphatic rings. The van der Waals surface area contributed by atoms with Crippen LogP contribution < -0.4 is 5.32 Å². The van der Waals surface area contributed by atoms with Crippen molar-refractivity contribution < 1.29 is 13.5 Å². The first-order chi connectivity index (χ1) is 15.5. The molecule has 1 saturated heterocycles. The summed E-state index contributed by atoms with van der Waals surface area (Å²) in [6.45, 7) is 1.36. The van der Waals surface area contributed by atoms with Gasteiger partial charge in [0.2, 0.25) is 16.0 Å². The largest absolute Gasteiger partial charge is 0.508 e. The van der Waals surface area contributed by atoms with Gasteiger partial charge in [-0.3, -0.25) is 4.40 Å². The molecule has 3 aromatic heterocycles. The minimum Gasteiger partial charge on any atom is -0.508 e. The number of aromatic hydroxyl groups is 1. The number of fused-ring (bicyclic) bond motifs is 1. The molecule has 4 heterocycles. The lowest BCUT2D eigenvalue weighted by Crippen LogP contribution is -2.40. The first kappa shape index (κ1) is 20.9. The van der Waals surface area contributed by atoms with Crippen LogP contribution in [0.15, 0.2) is 48.1 Å². The fourth-order valence-electron chi connectivity index (χ4n) is 3.84. The maximum Gasteiger partial charge on any atom is 0.223 e. The van der Waals surface area contributed by atoms with E-state index in [-0.39, 0.29) is 11.5 Å². The molecule has 1 aliphatic heterocycles. The molecule has 4 aromatic rings. The van der Waals surface area contributed by atoms with Crippen molar-refractivity contribution in [2.75, 3.05) is 30.7 Å². The number of nitrogens with zero attached hydrogens (tertiary/aromatic N) is 5. The zero-order valence-electron chi connectivity index (χ0n) is 17.2. The van der Waals surface area contributed by atoms with E-state index in [0.717, 1.165) is 34.8 Å². The highest BCUT2D eigenvalue weighted by atomic mass is 32.2. The zero-order chi connectivity index (χ0) is 22.1. The Morgan fingerprint density at radius 2 is 2.09 bits per heavy atom. The molecule has 11 heteroatoms. The molecule has 0 bridgehead atoms. The van der Waals surface area contributed by atoms with Crippen molar-refractivity contribution in [1.82, 2.24) is 23.7 Å². The van der Waals surface area contributed by atoms with Crippen LogP contribution in [-0.2, 0) is 10.0 Å². The number of phenolic OH excluding ortho intramolecular Hbond substituents is 1.